The number of benzene rings is 3. The van der Waals surface area contributed by atoms with E-state index >= 15 is 0 Å². The molecule has 1 fully saturated rings. The third-order valence-corrected chi connectivity index (χ3v) is 7.59. The van der Waals surface area contributed by atoms with Crippen LogP contribution in [0, 0.1) is 0 Å². The molecule has 1 saturated heterocycles. The fraction of sp³-hybridized carbons (Fsp3) is 0.167. The molecule has 164 valence electrons. The molecule has 0 bridgehead atoms. The number of hydrogen-bond acceptors (Lipinski definition) is 5. The van der Waals surface area contributed by atoms with Crippen molar-refractivity contribution in [1.29, 1.82) is 0 Å². The molecule has 8 heteroatoms. The van der Waals surface area contributed by atoms with E-state index < -0.39 is 16.0 Å². The van der Waals surface area contributed by atoms with Crippen molar-refractivity contribution < 1.29 is 22.7 Å². The maximum atomic E-state index is 12.9. The third-order valence-electron chi connectivity index (χ3n) is 5.21. The van der Waals surface area contributed by atoms with E-state index in [0.717, 1.165) is 12.8 Å². The van der Waals surface area contributed by atoms with Crippen molar-refractivity contribution in [2.45, 2.75) is 17.7 Å². The highest BCUT2D eigenvalue weighted by Gasteiger charge is 2.30. The van der Waals surface area contributed by atoms with Gasteiger partial charge in [-0.1, -0.05) is 41.9 Å². The summed E-state index contributed by atoms with van der Waals surface area (Å²) in [5, 5.41) is 0.0530. The van der Waals surface area contributed by atoms with Crippen LogP contribution in [0.2, 0.25) is 5.02 Å². The van der Waals surface area contributed by atoms with Crippen molar-refractivity contribution in [2.75, 3.05) is 13.1 Å². The first-order chi connectivity index (χ1) is 15.4. The summed E-state index contributed by atoms with van der Waals surface area (Å²) >= 11 is 6.13. The van der Waals surface area contributed by atoms with Gasteiger partial charge in [0.1, 0.15) is 10.6 Å². The maximum Gasteiger partial charge on any atom is 0.343 e. The highest BCUT2D eigenvalue weighted by atomic mass is 35.5. The first-order valence-corrected chi connectivity index (χ1v) is 11.9. The maximum absolute atomic E-state index is 12.9. The number of ketones is 1. The number of carbonyl (C=O) groups excluding carboxylic acids is 2. The van der Waals surface area contributed by atoms with Crippen LogP contribution in [0.15, 0.2) is 77.7 Å². The lowest BCUT2D eigenvalue weighted by molar-refractivity contribution is 0.0734. The zero-order valence-corrected chi connectivity index (χ0v) is 18.6. The molecule has 0 aliphatic carbocycles. The summed E-state index contributed by atoms with van der Waals surface area (Å²) in [6.07, 6.45) is 1.59. The van der Waals surface area contributed by atoms with Crippen molar-refractivity contribution >= 4 is 33.4 Å². The van der Waals surface area contributed by atoms with Gasteiger partial charge in [-0.15, -0.1) is 0 Å². The molecule has 0 spiro atoms. The van der Waals surface area contributed by atoms with Crippen LogP contribution >= 0.6 is 11.6 Å². The van der Waals surface area contributed by atoms with E-state index in [1.807, 2.05) is 6.07 Å². The Hall–Kier alpha value is -3.00. The Balaban J connectivity index is 1.51. The molecular formula is C24H20ClNO5S. The van der Waals surface area contributed by atoms with Gasteiger partial charge in [0.2, 0.25) is 10.0 Å². The number of ether oxygens (including phenoxy) is 1. The first kappa shape index (κ1) is 22.2. The van der Waals surface area contributed by atoms with Crippen molar-refractivity contribution in [3.8, 4) is 5.75 Å². The minimum Gasteiger partial charge on any atom is -0.423 e. The molecule has 0 atom stereocenters. The minimum absolute atomic E-state index is 0.0530. The number of carbonyl (C=O) groups is 2. The number of halogens is 1. The van der Waals surface area contributed by atoms with Gasteiger partial charge in [0, 0.05) is 24.2 Å². The Bertz CT molecular complexity index is 1250. The topological polar surface area (TPSA) is 80.8 Å². The molecule has 0 radical (unpaired) electrons. The van der Waals surface area contributed by atoms with Gasteiger partial charge in [0.05, 0.1) is 10.6 Å². The van der Waals surface area contributed by atoms with E-state index in [1.165, 1.54) is 34.6 Å². The van der Waals surface area contributed by atoms with Crippen LogP contribution in [0.3, 0.4) is 0 Å². The highest BCUT2D eigenvalue weighted by molar-refractivity contribution is 7.89. The number of rotatable bonds is 6. The second-order valence-electron chi connectivity index (χ2n) is 7.37. The number of hydrogen-bond donors (Lipinski definition) is 0. The van der Waals surface area contributed by atoms with Gasteiger partial charge in [-0.25, -0.2) is 13.2 Å². The van der Waals surface area contributed by atoms with E-state index in [1.54, 1.807) is 36.4 Å². The molecule has 3 aromatic rings. The molecule has 0 aromatic heterocycles. The highest BCUT2D eigenvalue weighted by Crippen LogP contribution is 2.28. The molecule has 1 aliphatic rings. The second kappa shape index (κ2) is 9.24. The number of esters is 1. The summed E-state index contributed by atoms with van der Waals surface area (Å²) in [7, 11) is -3.78. The van der Waals surface area contributed by atoms with Crippen molar-refractivity contribution in [3.05, 3.63) is 94.5 Å². The molecular weight excluding hydrogens is 450 g/mol. The summed E-state index contributed by atoms with van der Waals surface area (Å²) in [5.41, 5.74) is 1.09. The van der Waals surface area contributed by atoms with Crippen LogP contribution in [0.1, 0.15) is 39.1 Å². The standard InChI is InChI=1S/C24H20ClNO5S/c25-21-13-10-19(16-22(21)32(29,30)26-14-4-5-15-26)24(28)31-20-11-8-18(9-12-20)23(27)17-6-2-1-3-7-17/h1-3,6-13,16H,4-5,14-15H2. The lowest BCUT2D eigenvalue weighted by Crippen LogP contribution is -2.28. The molecule has 0 N–H and O–H groups in total. The summed E-state index contributed by atoms with van der Waals surface area (Å²) in [5.74, 6) is -0.627. The van der Waals surface area contributed by atoms with Gasteiger partial charge < -0.3 is 4.74 Å². The van der Waals surface area contributed by atoms with Crippen LogP contribution in [0.4, 0.5) is 0 Å². The lowest BCUT2D eigenvalue weighted by atomic mass is 10.0. The SMILES string of the molecule is O=C(Oc1ccc(C(=O)c2ccccc2)cc1)c1ccc(Cl)c(S(=O)(=O)N2CCCC2)c1. The summed E-state index contributed by atoms with van der Waals surface area (Å²) in [6.45, 7) is 0.864. The van der Waals surface area contributed by atoms with Crippen molar-refractivity contribution in [2.24, 2.45) is 0 Å². The van der Waals surface area contributed by atoms with Gasteiger partial charge in [-0.05, 0) is 55.3 Å². The molecule has 32 heavy (non-hydrogen) atoms. The fourth-order valence-corrected chi connectivity index (χ4v) is 5.51. The van der Waals surface area contributed by atoms with Gasteiger partial charge in [0.15, 0.2) is 5.78 Å². The average molecular weight is 470 g/mol. The van der Waals surface area contributed by atoms with Crippen LogP contribution in [-0.2, 0) is 10.0 Å². The van der Waals surface area contributed by atoms with Gasteiger partial charge >= 0.3 is 5.97 Å². The smallest absolute Gasteiger partial charge is 0.343 e. The first-order valence-electron chi connectivity index (χ1n) is 10.1. The minimum atomic E-state index is -3.78. The Morgan fingerprint density at radius 3 is 2.06 bits per heavy atom. The third kappa shape index (κ3) is 4.60. The Morgan fingerprint density at radius 2 is 1.41 bits per heavy atom. The predicted octanol–water partition coefficient (Wildman–Crippen LogP) is 4.57. The van der Waals surface area contributed by atoms with Crippen LogP contribution in [0.5, 0.6) is 5.75 Å². The molecule has 1 heterocycles. The van der Waals surface area contributed by atoms with Gasteiger partial charge in [0.25, 0.3) is 0 Å². The lowest BCUT2D eigenvalue weighted by Gasteiger charge is -2.17. The van der Waals surface area contributed by atoms with E-state index in [0.29, 0.717) is 24.2 Å². The van der Waals surface area contributed by atoms with Crippen LogP contribution in [0.25, 0.3) is 0 Å². The Morgan fingerprint density at radius 1 is 0.812 bits per heavy atom. The molecule has 4 rings (SSSR count). The monoisotopic (exact) mass is 469 g/mol. The van der Waals surface area contributed by atoms with Crippen molar-refractivity contribution in [1.82, 2.24) is 4.31 Å². The molecule has 0 unspecified atom stereocenters. The second-order valence-corrected chi connectivity index (χ2v) is 9.68. The number of sulfonamides is 1. The molecule has 0 amide bonds. The normalized spacial score (nSPS) is 14.3. The quantitative estimate of drug-likeness (QED) is 0.300. The van der Waals surface area contributed by atoms with Crippen molar-refractivity contribution in [3.63, 3.8) is 0 Å². The average Bonchev–Trinajstić information content (AvgIpc) is 3.36. The Labute approximate surface area is 191 Å². The predicted molar refractivity (Wildman–Crippen MR) is 121 cm³/mol. The molecule has 6 nitrogen and oxygen atoms in total. The molecule has 3 aromatic carbocycles. The summed E-state index contributed by atoms with van der Waals surface area (Å²) in [4.78, 5) is 25.0. The van der Waals surface area contributed by atoms with Crippen LogP contribution in [-0.4, -0.2) is 37.6 Å². The molecule has 0 saturated carbocycles. The van der Waals surface area contributed by atoms with Crippen LogP contribution < -0.4 is 4.74 Å². The van der Waals surface area contributed by atoms with E-state index in [-0.39, 0.29) is 27.0 Å². The largest absolute Gasteiger partial charge is 0.423 e. The fourth-order valence-electron chi connectivity index (χ4n) is 3.49. The zero-order chi connectivity index (χ0) is 22.7. The van der Waals surface area contributed by atoms with E-state index in [9.17, 15) is 18.0 Å². The van der Waals surface area contributed by atoms with Gasteiger partial charge in [-0.2, -0.15) is 4.31 Å². The summed E-state index contributed by atoms with van der Waals surface area (Å²) < 4.78 is 32.5. The molecule has 1 aliphatic heterocycles. The summed E-state index contributed by atoms with van der Waals surface area (Å²) in [6, 6.07) is 19.1. The Kier molecular flexibility index (Phi) is 6.41. The zero-order valence-electron chi connectivity index (χ0n) is 17.0. The van der Waals surface area contributed by atoms with E-state index in [2.05, 4.69) is 0 Å². The van der Waals surface area contributed by atoms with E-state index in [4.69, 9.17) is 16.3 Å². The van der Waals surface area contributed by atoms with Gasteiger partial charge in [-0.3, -0.25) is 4.79 Å². The number of nitrogens with zero attached hydrogens (tertiary/aromatic N) is 1.